The van der Waals surface area contributed by atoms with E-state index in [4.69, 9.17) is 0 Å². The average Bonchev–Trinajstić information content (AvgIpc) is 3.02. The Kier molecular flexibility index (Phi) is 6.71. The summed E-state index contributed by atoms with van der Waals surface area (Å²) in [6.07, 6.45) is 0. The Morgan fingerprint density at radius 2 is 1.79 bits per heavy atom. The summed E-state index contributed by atoms with van der Waals surface area (Å²) in [5.41, 5.74) is 3.85. The number of carbonyl (C=O) groups is 2. The molecule has 2 aromatic carbocycles. The summed E-state index contributed by atoms with van der Waals surface area (Å²) in [5, 5.41) is 5.97. The molecule has 29 heavy (non-hydrogen) atoms. The van der Waals surface area contributed by atoms with E-state index in [1.807, 2.05) is 57.2 Å². The zero-order valence-corrected chi connectivity index (χ0v) is 18.4. The molecule has 3 rings (SSSR count). The van der Waals surface area contributed by atoms with Gasteiger partial charge in [-0.25, -0.2) is 4.98 Å². The van der Waals surface area contributed by atoms with Crippen LogP contribution in [0.5, 0.6) is 0 Å². The predicted molar refractivity (Wildman–Crippen MR) is 122 cm³/mol. The summed E-state index contributed by atoms with van der Waals surface area (Å²) in [6, 6.07) is 15.7. The monoisotopic (exact) mass is 425 g/mol. The molecule has 0 radical (unpaired) electrons. The van der Waals surface area contributed by atoms with Gasteiger partial charge in [0, 0.05) is 27.9 Å². The first-order valence-corrected chi connectivity index (χ1v) is 10.9. The van der Waals surface area contributed by atoms with Crippen LogP contribution in [-0.4, -0.2) is 22.0 Å². The number of thioether (sulfide) groups is 1. The Balaban J connectivity index is 1.66. The molecule has 1 aromatic heterocycles. The van der Waals surface area contributed by atoms with Gasteiger partial charge in [-0.2, -0.15) is 0 Å². The molecule has 5 nitrogen and oxygen atoms in total. The Morgan fingerprint density at radius 1 is 1.07 bits per heavy atom. The first kappa shape index (κ1) is 21.1. The van der Waals surface area contributed by atoms with Crippen LogP contribution in [0, 0.1) is 13.8 Å². The molecular formula is C22H23N3O2S2. The van der Waals surface area contributed by atoms with Gasteiger partial charge in [-0.05, 0) is 39.0 Å². The molecular weight excluding hydrogens is 402 g/mol. The number of anilines is 2. The zero-order chi connectivity index (χ0) is 21.0. The third kappa shape index (κ3) is 5.68. The Labute approximate surface area is 179 Å². The fourth-order valence-electron chi connectivity index (χ4n) is 2.74. The highest BCUT2D eigenvalue weighted by Crippen LogP contribution is 2.32. The molecule has 2 N–H and O–H groups in total. The normalized spacial score (nSPS) is 11.7. The van der Waals surface area contributed by atoms with Crippen LogP contribution in [0.2, 0.25) is 0 Å². The summed E-state index contributed by atoms with van der Waals surface area (Å²) in [5.74, 6) is -0.231. The summed E-state index contributed by atoms with van der Waals surface area (Å²) < 4.78 is 0. The van der Waals surface area contributed by atoms with Crippen LogP contribution < -0.4 is 10.6 Å². The number of aryl methyl sites for hydroxylation is 2. The first-order valence-electron chi connectivity index (χ1n) is 9.21. The van der Waals surface area contributed by atoms with Crippen LogP contribution in [0.15, 0.2) is 53.4 Å². The molecule has 0 fully saturated rings. The van der Waals surface area contributed by atoms with Crippen molar-refractivity contribution in [1.29, 1.82) is 0 Å². The number of carbonyl (C=O) groups excluding carboxylic acids is 2. The van der Waals surface area contributed by atoms with Crippen molar-refractivity contribution in [3.63, 3.8) is 0 Å². The van der Waals surface area contributed by atoms with Gasteiger partial charge in [-0.3, -0.25) is 9.59 Å². The lowest BCUT2D eigenvalue weighted by molar-refractivity contribution is -0.115. The quantitative estimate of drug-likeness (QED) is 0.511. The van der Waals surface area contributed by atoms with Crippen molar-refractivity contribution in [1.82, 2.24) is 4.98 Å². The second-order valence-electron chi connectivity index (χ2n) is 6.75. The number of nitrogens with zero attached hydrogens (tertiary/aromatic N) is 1. The third-order valence-corrected chi connectivity index (χ3v) is 6.17. The summed E-state index contributed by atoms with van der Waals surface area (Å²) in [7, 11) is 0. The Bertz CT molecular complexity index is 1030. The highest BCUT2D eigenvalue weighted by atomic mass is 32.2. The van der Waals surface area contributed by atoms with Crippen molar-refractivity contribution in [2.24, 2.45) is 0 Å². The van der Waals surface area contributed by atoms with Crippen molar-refractivity contribution < 1.29 is 9.59 Å². The molecule has 0 saturated carbocycles. The molecule has 3 aromatic rings. The predicted octanol–water partition coefficient (Wildman–Crippen LogP) is 5.50. The highest BCUT2D eigenvalue weighted by molar-refractivity contribution is 8.00. The van der Waals surface area contributed by atoms with Crippen molar-refractivity contribution in [2.45, 2.75) is 37.8 Å². The van der Waals surface area contributed by atoms with Gasteiger partial charge in [-0.15, -0.1) is 23.1 Å². The summed E-state index contributed by atoms with van der Waals surface area (Å²) in [6.45, 7) is 7.38. The summed E-state index contributed by atoms with van der Waals surface area (Å²) in [4.78, 5) is 30.5. The summed E-state index contributed by atoms with van der Waals surface area (Å²) >= 11 is 2.91. The van der Waals surface area contributed by atoms with Crippen LogP contribution in [0.4, 0.5) is 10.8 Å². The van der Waals surface area contributed by atoms with Gasteiger partial charge < -0.3 is 10.6 Å². The molecule has 0 bridgehead atoms. The van der Waals surface area contributed by atoms with Crippen LogP contribution in [0.3, 0.4) is 0 Å². The number of rotatable bonds is 6. The zero-order valence-electron chi connectivity index (χ0n) is 16.8. The second-order valence-corrected chi connectivity index (χ2v) is 9.37. The lowest BCUT2D eigenvalue weighted by atomic mass is 10.1. The number of amides is 2. The van der Waals surface area contributed by atoms with Crippen molar-refractivity contribution in [3.05, 3.63) is 59.0 Å². The van der Waals surface area contributed by atoms with E-state index < -0.39 is 0 Å². The average molecular weight is 426 g/mol. The number of benzene rings is 2. The minimum atomic E-state index is -0.311. The third-order valence-electron chi connectivity index (χ3n) is 4.19. The largest absolute Gasteiger partial charge is 0.326 e. The van der Waals surface area contributed by atoms with Gasteiger partial charge >= 0.3 is 0 Å². The van der Waals surface area contributed by atoms with Crippen LogP contribution in [0.1, 0.15) is 24.3 Å². The van der Waals surface area contributed by atoms with E-state index in [2.05, 4.69) is 27.8 Å². The van der Waals surface area contributed by atoms with Crippen LogP contribution >= 0.6 is 23.1 Å². The van der Waals surface area contributed by atoms with Crippen molar-refractivity contribution in [3.8, 4) is 11.3 Å². The highest BCUT2D eigenvalue weighted by Gasteiger charge is 2.18. The Hall–Kier alpha value is -2.64. The Morgan fingerprint density at radius 3 is 2.48 bits per heavy atom. The number of hydrogen-bond acceptors (Lipinski definition) is 5. The van der Waals surface area contributed by atoms with Gasteiger partial charge in [-0.1, -0.05) is 35.9 Å². The minimum Gasteiger partial charge on any atom is -0.326 e. The number of nitrogens with one attached hydrogen (secondary N) is 2. The molecule has 150 valence electrons. The number of hydrogen-bond donors (Lipinski definition) is 2. The van der Waals surface area contributed by atoms with Gasteiger partial charge in [0.05, 0.1) is 10.9 Å². The maximum Gasteiger partial charge on any atom is 0.239 e. The van der Waals surface area contributed by atoms with Crippen LogP contribution in [-0.2, 0) is 9.59 Å². The molecule has 7 heteroatoms. The van der Waals surface area contributed by atoms with E-state index in [1.165, 1.54) is 35.6 Å². The van der Waals surface area contributed by atoms with Gasteiger partial charge in [0.25, 0.3) is 0 Å². The standard InChI is InChI=1S/C22H23N3O2S2/c1-13-8-10-17(11-9-13)20-14(2)29-22(24-20)25-21(27)15(3)28-19-7-5-6-18(12-19)23-16(4)26/h5-12,15H,1-4H3,(H,23,26)(H,24,25,27). The molecule has 0 saturated heterocycles. The van der Waals surface area contributed by atoms with Crippen LogP contribution in [0.25, 0.3) is 11.3 Å². The van der Waals surface area contributed by atoms with E-state index in [0.717, 1.165) is 21.0 Å². The minimum absolute atomic E-state index is 0.107. The SMILES string of the molecule is CC(=O)Nc1cccc(SC(C)C(=O)Nc2nc(-c3ccc(C)cc3)c(C)s2)c1. The van der Waals surface area contributed by atoms with E-state index in [1.54, 1.807) is 0 Å². The topological polar surface area (TPSA) is 71.1 Å². The fourth-order valence-corrected chi connectivity index (χ4v) is 4.51. The van der Waals surface area contributed by atoms with E-state index in [-0.39, 0.29) is 17.1 Å². The molecule has 1 atom stereocenters. The molecule has 2 amide bonds. The fraction of sp³-hybridized carbons (Fsp3) is 0.227. The van der Waals surface area contributed by atoms with Gasteiger partial charge in [0.1, 0.15) is 0 Å². The van der Waals surface area contributed by atoms with Crippen molar-refractivity contribution >= 4 is 45.7 Å². The second kappa shape index (κ2) is 9.24. The van der Waals surface area contributed by atoms with E-state index in [9.17, 15) is 9.59 Å². The number of aromatic nitrogens is 1. The number of thiazole rings is 1. The maximum absolute atomic E-state index is 12.6. The van der Waals surface area contributed by atoms with E-state index in [0.29, 0.717) is 10.8 Å². The molecule has 0 aliphatic heterocycles. The maximum atomic E-state index is 12.6. The van der Waals surface area contributed by atoms with Crippen molar-refractivity contribution in [2.75, 3.05) is 10.6 Å². The molecule has 0 aliphatic carbocycles. The van der Waals surface area contributed by atoms with E-state index >= 15 is 0 Å². The van der Waals surface area contributed by atoms with Gasteiger partial charge in [0.15, 0.2) is 5.13 Å². The smallest absolute Gasteiger partial charge is 0.239 e. The van der Waals surface area contributed by atoms with Gasteiger partial charge in [0.2, 0.25) is 11.8 Å². The molecule has 0 spiro atoms. The lowest BCUT2D eigenvalue weighted by Gasteiger charge is -2.11. The molecule has 0 aliphatic rings. The first-order chi connectivity index (χ1) is 13.8. The molecule has 1 unspecified atom stereocenters. The molecule has 1 heterocycles. The lowest BCUT2D eigenvalue weighted by Crippen LogP contribution is -2.22.